The third kappa shape index (κ3) is 3.91. The molecule has 0 aliphatic carbocycles. The van der Waals surface area contributed by atoms with Crippen molar-refractivity contribution in [2.24, 2.45) is 0 Å². The highest BCUT2D eigenvalue weighted by atomic mass is 19.1. The van der Waals surface area contributed by atoms with Crippen LogP contribution < -0.4 is 11.1 Å². The first-order valence-electron chi connectivity index (χ1n) is 11.1. The van der Waals surface area contributed by atoms with Gasteiger partial charge in [-0.1, -0.05) is 17.3 Å². The van der Waals surface area contributed by atoms with Gasteiger partial charge in [0.2, 0.25) is 11.7 Å². The number of fused-ring (bicyclic) bond motifs is 1. The van der Waals surface area contributed by atoms with Crippen LogP contribution in [0.25, 0.3) is 22.4 Å². The predicted octanol–water partition coefficient (Wildman–Crippen LogP) is 2.92. The number of hydrogen-bond donors (Lipinski definition) is 1. The van der Waals surface area contributed by atoms with Crippen molar-refractivity contribution >= 4 is 16.9 Å². The van der Waals surface area contributed by atoms with Crippen molar-refractivity contribution in [3.8, 4) is 11.4 Å². The lowest BCUT2D eigenvalue weighted by Gasteiger charge is -2.31. The molecular formula is C24H22FN5O4. The maximum Gasteiger partial charge on any atom is 0.316 e. The van der Waals surface area contributed by atoms with Crippen LogP contribution in [0.15, 0.2) is 56.6 Å². The molecule has 3 heterocycles. The van der Waals surface area contributed by atoms with Crippen molar-refractivity contribution in [1.82, 2.24) is 24.6 Å². The number of aromatic nitrogens is 4. The third-order valence-electron chi connectivity index (χ3n) is 6.12. The summed E-state index contributed by atoms with van der Waals surface area (Å²) in [5, 5.41) is 3.98. The van der Waals surface area contributed by atoms with Gasteiger partial charge >= 0.3 is 11.1 Å². The Morgan fingerprint density at radius 3 is 2.88 bits per heavy atom. The fourth-order valence-electron chi connectivity index (χ4n) is 4.42. The van der Waals surface area contributed by atoms with E-state index < -0.39 is 11.1 Å². The first-order chi connectivity index (χ1) is 16.4. The number of nitrogens with one attached hydrogen (secondary N) is 1. The van der Waals surface area contributed by atoms with Crippen LogP contribution in [-0.4, -0.2) is 43.6 Å². The maximum absolute atomic E-state index is 13.5. The summed E-state index contributed by atoms with van der Waals surface area (Å²) < 4.78 is 20.4. The van der Waals surface area contributed by atoms with Crippen LogP contribution in [0.3, 0.4) is 0 Å². The topological polar surface area (TPSA) is 114 Å². The summed E-state index contributed by atoms with van der Waals surface area (Å²) in [5.74, 6) is 0.000492. The summed E-state index contributed by atoms with van der Waals surface area (Å²) >= 11 is 0. The number of amides is 1. The molecular weight excluding hydrogens is 441 g/mol. The zero-order valence-corrected chi connectivity index (χ0v) is 18.5. The number of nitrogens with zero attached hydrogens (tertiary/aromatic N) is 4. The van der Waals surface area contributed by atoms with E-state index in [1.54, 1.807) is 42.2 Å². The Bertz CT molecular complexity index is 1510. The lowest BCUT2D eigenvalue weighted by Crippen LogP contribution is -2.39. The minimum atomic E-state index is -0.720. The number of aryl methyl sites for hydroxylation is 1. The minimum absolute atomic E-state index is 0.141. The molecule has 1 aliphatic heterocycles. The molecule has 0 radical (unpaired) electrons. The quantitative estimate of drug-likeness (QED) is 0.466. The molecule has 10 heteroatoms. The van der Waals surface area contributed by atoms with Crippen LogP contribution in [0.2, 0.25) is 0 Å². The van der Waals surface area contributed by atoms with E-state index in [-0.39, 0.29) is 17.6 Å². The van der Waals surface area contributed by atoms with Crippen molar-refractivity contribution < 1.29 is 13.7 Å². The van der Waals surface area contributed by atoms with E-state index in [1.807, 2.05) is 0 Å². The number of rotatable bonds is 4. The highest BCUT2D eigenvalue weighted by Crippen LogP contribution is 2.29. The normalized spacial score (nSPS) is 16.2. The molecule has 1 amide bonds. The lowest BCUT2D eigenvalue weighted by atomic mass is 9.97. The molecule has 0 spiro atoms. The highest BCUT2D eigenvalue weighted by Gasteiger charge is 2.29. The van der Waals surface area contributed by atoms with Crippen molar-refractivity contribution in [3.05, 3.63) is 80.4 Å². The number of hydrogen-bond acceptors (Lipinski definition) is 6. The summed E-state index contributed by atoms with van der Waals surface area (Å²) in [7, 11) is 0. The Balaban J connectivity index is 1.38. The Hall–Kier alpha value is -4.08. The second-order valence-corrected chi connectivity index (χ2v) is 8.29. The smallest absolute Gasteiger partial charge is 0.316 e. The Morgan fingerprint density at radius 1 is 1.24 bits per heavy atom. The van der Waals surface area contributed by atoms with Crippen molar-refractivity contribution in [3.63, 3.8) is 0 Å². The summed E-state index contributed by atoms with van der Waals surface area (Å²) in [6, 6.07) is 10.9. The Morgan fingerprint density at radius 2 is 2.09 bits per heavy atom. The van der Waals surface area contributed by atoms with Gasteiger partial charge in [-0.15, -0.1) is 0 Å². The van der Waals surface area contributed by atoms with Crippen LogP contribution in [0, 0.1) is 5.82 Å². The molecule has 0 saturated carbocycles. The van der Waals surface area contributed by atoms with Crippen LogP contribution >= 0.6 is 0 Å². The monoisotopic (exact) mass is 463 g/mol. The molecule has 1 aliphatic rings. The van der Waals surface area contributed by atoms with Crippen LogP contribution in [-0.2, 0) is 6.54 Å². The maximum atomic E-state index is 13.5. The van der Waals surface area contributed by atoms with Gasteiger partial charge in [-0.2, -0.15) is 4.98 Å². The fraction of sp³-hybridized carbons (Fsp3) is 0.292. The van der Waals surface area contributed by atoms with E-state index in [0.29, 0.717) is 53.5 Å². The number of carbonyl (C=O) groups excluding carboxylic acids is 1. The zero-order valence-electron chi connectivity index (χ0n) is 18.5. The van der Waals surface area contributed by atoms with Gasteiger partial charge in [-0.05, 0) is 50.1 Å². The van der Waals surface area contributed by atoms with Crippen molar-refractivity contribution in [2.45, 2.75) is 32.2 Å². The van der Waals surface area contributed by atoms with Gasteiger partial charge in [0.15, 0.2) is 0 Å². The van der Waals surface area contributed by atoms with Crippen LogP contribution in [0.5, 0.6) is 0 Å². The van der Waals surface area contributed by atoms with Gasteiger partial charge in [0.25, 0.3) is 5.91 Å². The molecule has 174 valence electrons. The summed E-state index contributed by atoms with van der Waals surface area (Å²) in [4.78, 5) is 46.0. The standard InChI is InChI=1S/C24H22FN5O4/c1-2-30-19-9-8-15(12-18(19)26-21(31)24(30)33)23(32)29-10-4-6-16(13-29)22-27-20(28-34-22)14-5-3-7-17(25)11-14/h3,5,7-9,11-12,16H,2,4,6,10,13H2,1H3,(H,26,31). The van der Waals surface area contributed by atoms with E-state index in [4.69, 9.17) is 4.52 Å². The molecule has 1 unspecified atom stereocenters. The number of aromatic amines is 1. The number of likely N-dealkylation sites (tertiary alicyclic amines) is 1. The average Bonchev–Trinajstić information content (AvgIpc) is 3.35. The number of piperidine rings is 1. The fourth-order valence-corrected chi connectivity index (χ4v) is 4.42. The Kier molecular flexibility index (Phi) is 5.56. The highest BCUT2D eigenvalue weighted by molar-refractivity contribution is 5.97. The zero-order chi connectivity index (χ0) is 23.8. The molecule has 9 nitrogen and oxygen atoms in total. The van der Waals surface area contributed by atoms with Gasteiger partial charge in [0, 0.05) is 30.8 Å². The molecule has 1 atom stereocenters. The van der Waals surface area contributed by atoms with E-state index in [1.165, 1.54) is 16.7 Å². The van der Waals surface area contributed by atoms with Crippen molar-refractivity contribution in [1.29, 1.82) is 0 Å². The Labute approximate surface area is 192 Å². The number of carbonyl (C=O) groups is 1. The largest absolute Gasteiger partial charge is 0.339 e. The average molecular weight is 463 g/mol. The summed E-state index contributed by atoms with van der Waals surface area (Å²) in [5.41, 5.74) is 0.594. The van der Waals surface area contributed by atoms with E-state index in [9.17, 15) is 18.8 Å². The van der Waals surface area contributed by atoms with E-state index in [2.05, 4.69) is 15.1 Å². The molecule has 0 bridgehead atoms. The number of H-pyrrole nitrogens is 1. The van der Waals surface area contributed by atoms with Crippen LogP contribution in [0.4, 0.5) is 4.39 Å². The SMILES string of the molecule is CCn1c(=O)c(=O)[nH]c2cc(C(=O)N3CCCC(c4nc(-c5cccc(F)c5)no4)C3)ccc21. The summed E-state index contributed by atoms with van der Waals surface area (Å²) in [6.07, 6.45) is 1.54. The molecule has 1 fully saturated rings. The van der Waals surface area contributed by atoms with E-state index >= 15 is 0 Å². The molecule has 4 aromatic rings. The number of halogens is 1. The lowest BCUT2D eigenvalue weighted by molar-refractivity contribution is 0.0696. The van der Waals surface area contributed by atoms with Crippen molar-refractivity contribution in [2.75, 3.05) is 13.1 Å². The predicted molar refractivity (Wildman–Crippen MR) is 122 cm³/mol. The molecule has 34 heavy (non-hydrogen) atoms. The summed E-state index contributed by atoms with van der Waals surface area (Å²) in [6.45, 7) is 3.10. The molecule has 1 N–H and O–H groups in total. The van der Waals surface area contributed by atoms with Gasteiger partial charge in [0.1, 0.15) is 5.82 Å². The number of benzene rings is 2. The van der Waals surface area contributed by atoms with E-state index in [0.717, 1.165) is 12.8 Å². The molecule has 5 rings (SSSR count). The molecule has 2 aromatic heterocycles. The first kappa shape index (κ1) is 21.7. The van der Waals surface area contributed by atoms with Crippen LogP contribution in [0.1, 0.15) is 41.9 Å². The minimum Gasteiger partial charge on any atom is -0.339 e. The third-order valence-corrected chi connectivity index (χ3v) is 6.12. The first-order valence-corrected chi connectivity index (χ1v) is 11.1. The molecule has 1 saturated heterocycles. The van der Waals surface area contributed by atoms with Gasteiger partial charge in [-0.25, -0.2) is 4.39 Å². The van der Waals surface area contributed by atoms with Gasteiger partial charge in [0.05, 0.1) is 17.0 Å². The molecule has 2 aromatic carbocycles. The second-order valence-electron chi connectivity index (χ2n) is 8.29. The van der Waals surface area contributed by atoms with Gasteiger partial charge < -0.3 is 19.0 Å². The second kappa shape index (κ2) is 8.69. The van der Waals surface area contributed by atoms with Gasteiger partial charge in [-0.3, -0.25) is 14.4 Å².